The summed E-state index contributed by atoms with van der Waals surface area (Å²) in [5, 5.41) is 3.23. The molecule has 1 aromatic carbocycles. The number of imidazole rings is 2. The van der Waals surface area contributed by atoms with Crippen molar-refractivity contribution in [2.75, 3.05) is 13.2 Å². The van der Waals surface area contributed by atoms with Crippen LogP contribution in [0.5, 0.6) is 0 Å². The Morgan fingerprint density at radius 1 is 0.612 bits per heavy atom. The highest BCUT2D eigenvalue weighted by atomic mass is 32.1. The Hall–Kier alpha value is -2.79. The molecule has 13 heteroatoms. The monoisotopic (exact) mass is 746 g/mol. The van der Waals surface area contributed by atoms with Gasteiger partial charge in [0.05, 0.1) is 15.7 Å². The smallest absolute Gasteiger partial charge is 0.274 e. The summed E-state index contributed by atoms with van der Waals surface area (Å²) < 4.78 is 17.1. The van der Waals surface area contributed by atoms with Crippen molar-refractivity contribution in [2.45, 2.75) is 90.6 Å². The number of hydrogen-bond acceptors (Lipinski definition) is 9. The van der Waals surface area contributed by atoms with Gasteiger partial charge in [-0.2, -0.15) is 0 Å². The molecule has 0 radical (unpaired) electrons. The summed E-state index contributed by atoms with van der Waals surface area (Å²) in [6.45, 7) is 15.0. The standard InChI is InChI=1S/C36H42N4O4S3Si2/c1-48(2,3)43-17-11-7-9-13-21-19-25-33(45-21)37-31-23-15-16-24-28-27(23)30(36(42)39(25)31)47-29(28)32-38-34-26(40(32)35(24)41)20-22(46-34)14-10-8-12-18-44-49(4,5)6/h15-16,19-20H,7-14,17-18H2,1-6H3. The zero-order valence-electron chi connectivity index (χ0n) is 29.0. The first-order valence-electron chi connectivity index (χ1n) is 17.4. The first-order chi connectivity index (χ1) is 23.4. The molecule has 0 aliphatic rings. The minimum atomic E-state index is -1.46. The van der Waals surface area contributed by atoms with Crippen molar-refractivity contribution < 1.29 is 8.85 Å². The molecule has 256 valence electrons. The van der Waals surface area contributed by atoms with E-state index < -0.39 is 16.6 Å². The number of rotatable bonds is 14. The van der Waals surface area contributed by atoms with E-state index in [2.05, 4.69) is 51.4 Å². The molecule has 8 nitrogen and oxygen atoms in total. The Morgan fingerprint density at radius 3 is 1.69 bits per heavy atom. The van der Waals surface area contributed by atoms with Crippen LogP contribution < -0.4 is 11.1 Å². The van der Waals surface area contributed by atoms with Gasteiger partial charge in [-0.15, -0.1) is 34.0 Å². The van der Waals surface area contributed by atoms with Crippen molar-refractivity contribution in [3.63, 3.8) is 0 Å². The van der Waals surface area contributed by atoms with E-state index in [1.807, 2.05) is 12.1 Å². The second kappa shape index (κ2) is 12.5. The largest absolute Gasteiger partial charge is 0.418 e. The summed E-state index contributed by atoms with van der Waals surface area (Å²) in [5.74, 6) is 0. The number of pyridine rings is 2. The van der Waals surface area contributed by atoms with Gasteiger partial charge in [0.25, 0.3) is 11.1 Å². The average molecular weight is 747 g/mol. The van der Waals surface area contributed by atoms with Crippen molar-refractivity contribution >= 4 is 114 Å². The normalized spacial score (nSPS) is 13.4. The number of benzene rings is 1. The van der Waals surface area contributed by atoms with Gasteiger partial charge >= 0.3 is 0 Å². The van der Waals surface area contributed by atoms with Crippen LogP contribution >= 0.6 is 34.0 Å². The first kappa shape index (κ1) is 33.4. The molecule has 0 amide bonds. The molecule has 0 spiro atoms. The Kier molecular flexibility index (Phi) is 8.49. The highest BCUT2D eigenvalue weighted by molar-refractivity contribution is 7.27. The molecule has 0 fully saturated rings. The van der Waals surface area contributed by atoms with Gasteiger partial charge in [-0.1, -0.05) is 12.8 Å². The van der Waals surface area contributed by atoms with Crippen LogP contribution in [-0.2, 0) is 21.7 Å². The van der Waals surface area contributed by atoms with Crippen molar-refractivity contribution in [1.29, 1.82) is 0 Å². The summed E-state index contributed by atoms with van der Waals surface area (Å²) in [5.41, 5.74) is 2.92. The molecule has 8 rings (SSSR count). The fourth-order valence-electron chi connectivity index (χ4n) is 6.92. The van der Waals surface area contributed by atoms with Crippen LogP contribution in [0.2, 0.25) is 39.3 Å². The van der Waals surface area contributed by atoms with E-state index >= 15 is 0 Å². The molecule has 0 saturated carbocycles. The van der Waals surface area contributed by atoms with Gasteiger partial charge < -0.3 is 8.85 Å². The number of aryl methyl sites for hydroxylation is 2. The Labute approximate surface area is 298 Å². The fourth-order valence-corrected chi connectivity index (χ4v) is 11.8. The number of nitrogens with zero attached hydrogens (tertiary/aromatic N) is 4. The summed E-state index contributed by atoms with van der Waals surface area (Å²) in [7, 11) is -2.92. The quantitative estimate of drug-likeness (QED) is 0.0626. The molecule has 0 aliphatic heterocycles. The van der Waals surface area contributed by atoms with Gasteiger partial charge in [0.2, 0.25) is 0 Å². The highest BCUT2D eigenvalue weighted by Gasteiger charge is 2.26. The van der Waals surface area contributed by atoms with E-state index in [0.717, 1.165) is 106 Å². The predicted octanol–water partition coefficient (Wildman–Crippen LogP) is 9.66. The topological polar surface area (TPSA) is 87.2 Å². The molecule has 0 bridgehead atoms. The fraction of sp³-hybridized carbons (Fsp3) is 0.444. The summed E-state index contributed by atoms with van der Waals surface area (Å²) in [6.07, 6.45) is 8.51. The van der Waals surface area contributed by atoms with E-state index in [1.165, 1.54) is 21.1 Å². The Balaban J connectivity index is 1.11. The Bertz CT molecular complexity index is 2600. The lowest BCUT2D eigenvalue weighted by atomic mass is 10.0. The number of fused-ring (bicyclic) bond motifs is 8. The predicted molar refractivity (Wildman–Crippen MR) is 214 cm³/mol. The molecular formula is C36H42N4O4S3Si2. The van der Waals surface area contributed by atoms with E-state index in [-0.39, 0.29) is 11.1 Å². The van der Waals surface area contributed by atoms with Gasteiger partial charge in [-0.25, -0.2) is 9.97 Å². The third kappa shape index (κ3) is 6.04. The number of aromatic nitrogens is 4. The van der Waals surface area contributed by atoms with Gasteiger partial charge in [0.1, 0.15) is 20.0 Å². The van der Waals surface area contributed by atoms with Gasteiger partial charge in [0.15, 0.2) is 22.3 Å². The van der Waals surface area contributed by atoms with Crippen LogP contribution in [0.25, 0.3) is 62.9 Å². The SMILES string of the molecule is C[Si](C)(C)OCCCCCc1cc2c(nc3c4ccc5c(=O)n6c7cc(CCCCCO[Si](C)(C)C)sc7nc6c6sc(c(=O)n23)c4c56)s1. The van der Waals surface area contributed by atoms with E-state index in [1.54, 1.807) is 31.5 Å². The molecule has 0 aliphatic carbocycles. The number of hydrogen-bond donors (Lipinski definition) is 0. The van der Waals surface area contributed by atoms with E-state index in [4.69, 9.17) is 18.8 Å². The minimum Gasteiger partial charge on any atom is -0.418 e. The van der Waals surface area contributed by atoms with Gasteiger partial charge in [-0.3, -0.25) is 18.4 Å². The Morgan fingerprint density at radius 2 is 1.12 bits per heavy atom. The molecule has 0 unspecified atom stereocenters. The van der Waals surface area contributed by atoms with Crippen LogP contribution in [0.4, 0.5) is 0 Å². The molecule has 0 saturated heterocycles. The molecule has 49 heavy (non-hydrogen) atoms. The lowest BCUT2D eigenvalue weighted by Gasteiger charge is -2.16. The summed E-state index contributed by atoms with van der Waals surface area (Å²) >= 11 is 4.82. The third-order valence-electron chi connectivity index (χ3n) is 9.15. The maximum absolute atomic E-state index is 14.2. The maximum atomic E-state index is 14.2. The number of unbranched alkanes of at least 4 members (excludes halogenated alkanes) is 4. The minimum absolute atomic E-state index is 0.0666. The van der Waals surface area contributed by atoms with Crippen LogP contribution in [0.3, 0.4) is 0 Å². The van der Waals surface area contributed by atoms with E-state index in [0.29, 0.717) is 21.4 Å². The first-order valence-corrected chi connectivity index (χ1v) is 26.6. The molecule has 0 N–H and O–H groups in total. The molecule has 8 aromatic rings. The highest BCUT2D eigenvalue weighted by Crippen LogP contribution is 2.43. The van der Waals surface area contributed by atoms with Crippen molar-refractivity contribution in [3.8, 4) is 0 Å². The van der Waals surface area contributed by atoms with Crippen LogP contribution in [0.1, 0.15) is 48.3 Å². The molecule has 0 atom stereocenters. The lowest BCUT2D eigenvalue weighted by Crippen LogP contribution is -2.25. The van der Waals surface area contributed by atoms with Crippen molar-refractivity contribution in [3.05, 3.63) is 54.7 Å². The summed E-state index contributed by atoms with van der Waals surface area (Å²) in [4.78, 5) is 42.6. The average Bonchev–Trinajstić information content (AvgIpc) is 3.83. The van der Waals surface area contributed by atoms with Crippen LogP contribution in [0, 0.1) is 0 Å². The maximum Gasteiger partial charge on any atom is 0.274 e. The van der Waals surface area contributed by atoms with Crippen molar-refractivity contribution in [1.82, 2.24) is 18.8 Å². The van der Waals surface area contributed by atoms with Crippen molar-refractivity contribution in [2.24, 2.45) is 0 Å². The molecular weight excluding hydrogens is 705 g/mol. The zero-order chi connectivity index (χ0) is 34.2. The van der Waals surface area contributed by atoms with Gasteiger partial charge in [-0.05, 0) is 102 Å². The van der Waals surface area contributed by atoms with E-state index in [9.17, 15) is 9.59 Å². The lowest BCUT2D eigenvalue weighted by molar-refractivity contribution is 0.299. The number of thiophene rings is 3. The zero-order valence-corrected chi connectivity index (χ0v) is 33.5. The molecule has 7 heterocycles. The van der Waals surface area contributed by atoms with Gasteiger partial charge in [0, 0.05) is 44.5 Å². The third-order valence-corrected chi connectivity index (χ3v) is 14.6. The van der Waals surface area contributed by atoms with Crippen LogP contribution in [-0.4, -0.2) is 48.6 Å². The molecule has 7 aromatic heterocycles. The van der Waals surface area contributed by atoms with Crippen LogP contribution in [0.15, 0.2) is 33.9 Å². The second-order valence-corrected chi connectivity index (χ2v) is 27.4. The second-order valence-electron chi connectivity index (χ2n) is 15.2. The summed E-state index contributed by atoms with van der Waals surface area (Å²) in [6, 6.07) is 8.20.